The molecule has 2 aromatic heterocycles. The first kappa shape index (κ1) is 20.2. The average molecular weight is 451 g/mol. The summed E-state index contributed by atoms with van der Waals surface area (Å²) >= 11 is 13.6. The largest absolute Gasteiger partial charge is 0.276 e. The molecular formula is C20H17Cl2FN4OS. The minimum atomic E-state index is -0.368. The van der Waals surface area contributed by atoms with Crippen molar-refractivity contribution in [3.05, 3.63) is 68.2 Å². The van der Waals surface area contributed by atoms with Gasteiger partial charge in [-0.05, 0) is 36.2 Å². The van der Waals surface area contributed by atoms with E-state index in [2.05, 4.69) is 10.2 Å². The zero-order valence-electron chi connectivity index (χ0n) is 15.7. The second kappa shape index (κ2) is 7.97. The van der Waals surface area contributed by atoms with E-state index in [0.29, 0.717) is 44.0 Å². The second-order valence-corrected chi connectivity index (χ2v) is 8.86. The summed E-state index contributed by atoms with van der Waals surface area (Å²) < 4.78 is 17.6. The van der Waals surface area contributed by atoms with Crippen LogP contribution < -0.4 is 5.56 Å². The van der Waals surface area contributed by atoms with E-state index in [1.165, 1.54) is 17.8 Å². The summed E-state index contributed by atoms with van der Waals surface area (Å²) in [5.41, 5.74) is 0.894. The van der Waals surface area contributed by atoms with Gasteiger partial charge in [0.15, 0.2) is 5.16 Å². The Hall–Kier alpha value is -2.09. The lowest BCUT2D eigenvalue weighted by molar-refractivity contribution is 0.517. The van der Waals surface area contributed by atoms with Crippen LogP contribution in [0.2, 0.25) is 10.0 Å². The topological polar surface area (TPSA) is 52.2 Å². The molecule has 4 aromatic rings. The van der Waals surface area contributed by atoms with Gasteiger partial charge < -0.3 is 0 Å². The molecule has 0 unspecified atom stereocenters. The third kappa shape index (κ3) is 3.74. The molecule has 29 heavy (non-hydrogen) atoms. The molecule has 0 atom stereocenters. The lowest BCUT2D eigenvalue weighted by Crippen LogP contribution is -2.25. The minimum Gasteiger partial charge on any atom is -0.276 e. The fourth-order valence-electron chi connectivity index (χ4n) is 3.19. The highest BCUT2D eigenvalue weighted by Gasteiger charge is 2.18. The SMILES string of the molecule is CC(C)Cn1c(=O)c2cc(Cl)ccc2n2c(SCc3c(F)cccc3Cl)nnc12. The van der Waals surface area contributed by atoms with Crippen molar-refractivity contribution in [1.29, 1.82) is 0 Å². The van der Waals surface area contributed by atoms with Crippen molar-refractivity contribution in [2.45, 2.75) is 31.3 Å². The molecule has 4 rings (SSSR count). The molecule has 5 nitrogen and oxygen atoms in total. The molecule has 0 bridgehead atoms. The van der Waals surface area contributed by atoms with E-state index in [-0.39, 0.29) is 23.0 Å². The van der Waals surface area contributed by atoms with Crippen molar-refractivity contribution in [2.24, 2.45) is 5.92 Å². The number of aromatic nitrogens is 4. The van der Waals surface area contributed by atoms with E-state index in [4.69, 9.17) is 23.2 Å². The van der Waals surface area contributed by atoms with Gasteiger partial charge in [-0.15, -0.1) is 10.2 Å². The van der Waals surface area contributed by atoms with Gasteiger partial charge in [0.25, 0.3) is 5.56 Å². The quantitative estimate of drug-likeness (QED) is 0.380. The van der Waals surface area contributed by atoms with E-state index in [9.17, 15) is 9.18 Å². The van der Waals surface area contributed by atoms with Gasteiger partial charge >= 0.3 is 0 Å². The fraction of sp³-hybridized carbons (Fsp3) is 0.250. The number of hydrogen-bond acceptors (Lipinski definition) is 4. The lowest BCUT2D eigenvalue weighted by Gasteiger charge is -2.13. The second-order valence-electron chi connectivity index (χ2n) is 7.08. The van der Waals surface area contributed by atoms with Crippen LogP contribution in [-0.4, -0.2) is 19.2 Å². The highest BCUT2D eigenvalue weighted by Crippen LogP contribution is 2.29. The Morgan fingerprint density at radius 2 is 1.97 bits per heavy atom. The lowest BCUT2D eigenvalue weighted by atomic mass is 10.2. The van der Waals surface area contributed by atoms with Crippen molar-refractivity contribution >= 4 is 51.6 Å². The van der Waals surface area contributed by atoms with Crippen molar-refractivity contribution in [2.75, 3.05) is 0 Å². The maximum absolute atomic E-state index is 14.2. The predicted octanol–water partition coefficient (Wildman–Crippen LogP) is 5.44. The maximum atomic E-state index is 14.2. The first-order chi connectivity index (χ1) is 13.9. The number of fused-ring (bicyclic) bond motifs is 3. The molecule has 0 N–H and O–H groups in total. The molecular weight excluding hydrogens is 434 g/mol. The fourth-order valence-corrected chi connectivity index (χ4v) is 4.64. The summed E-state index contributed by atoms with van der Waals surface area (Å²) in [6.45, 7) is 4.54. The Morgan fingerprint density at radius 1 is 1.17 bits per heavy atom. The molecule has 0 saturated heterocycles. The normalized spacial score (nSPS) is 11.8. The zero-order valence-corrected chi connectivity index (χ0v) is 18.0. The van der Waals surface area contributed by atoms with Crippen molar-refractivity contribution < 1.29 is 4.39 Å². The smallest absolute Gasteiger partial charge is 0.262 e. The van der Waals surface area contributed by atoms with Gasteiger partial charge in [-0.3, -0.25) is 13.8 Å². The Kier molecular flexibility index (Phi) is 5.55. The highest BCUT2D eigenvalue weighted by molar-refractivity contribution is 7.98. The number of thioether (sulfide) groups is 1. The molecule has 9 heteroatoms. The Labute approximate surface area is 180 Å². The highest BCUT2D eigenvalue weighted by atomic mass is 35.5. The molecule has 2 aromatic carbocycles. The number of nitrogens with zero attached hydrogens (tertiary/aromatic N) is 4. The van der Waals surface area contributed by atoms with Crippen LogP contribution in [0.1, 0.15) is 19.4 Å². The van der Waals surface area contributed by atoms with Crippen molar-refractivity contribution in [3.63, 3.8) is 0 Å². The van der Waals surface area contributed by atoms with E-state index < -0.39 is 0 Å². The molecule has 150 valence electrons. The van der Waals surface area contributed by atoms with Gasteiger partial charge in [0.05, 0.1) is 10.9 Å². The van der Waals surface area contributed by atoms with Crippen LogP contribution in [0.15, 0.2) is 46.3 Å². The van der Waals surface area contributed by atoms with Crippen LogP contribution in [0.25, 0.3) is 16.7 Å². The van der Waals surface area contributed by atoms with Gasteiger partial charge in [-0.1, -0.05) is 54.9 Å². The van der Waals surface area contributed by atoms with Crippen LogP contribution in [0, 0.1) is 11.7 Å². The van der Waals surface area contributed by atoms with Crippen molar-refractivity contribution in [3.8, 4) is 0 Å². The van der Waals surface area contributed by atoms with E-state index in [1.807, 2.05) is 18.2 Å². The van der Waals surface area contributed by atoms with Gasteiger partial charge in [-0.25, -0.2) is 4.39 Å². The Morgan fingerprint density at radius 3 is 2.69 bits per heavy atom. The summed E-state index contributed by atoms with van der Waals surface area (Å²) in [6, 6.07) is 9.74. The number of hydrogen-bond donors (Lipinski definition) is 0. The summed E-state index contributed by atoms with van der Waals surface area (Å²) in [6.07, 6.45) is 0. The summed E-state index contributed by atoms with van der Waals surface area (Å²) in [4.78, 5) is 13.1. The van der Waals surface area contributed by atoms with E-state index >= 15 is 0 Å². The maximum Gasteiger partial charge on any atom is 0.262 e. The first-order valence-corrected chi connectivity index (χ1v) is 10.7. The third-order valence-electron chi connectivity index (χ3n) is 4.49. The summed E-state index contributed by atoms with van der Waals surface area (Å²) in [7, 11) is 0. The van der Waals surface area contributed by atoms with Crippen LogP contribution in [0.5, 0.6) is 0 Å². The van der Waals surface area contributed by atoms with Crippen molar-refractivity contribution in [1.82, 2.24) is 19.2 Å². The van der Waals surface area contributed by atoms with Crippen LogP contribution in [0.4, 0.5) is 4.39 Å². The van der Waals surface area contributed by atoms with Gasteiger partial charge in [0, 0.05) is 27.9 Å². The Bertz CT molecular complexity index is 1260. The zero-order chi connectivity index (χ0) is 20.7. The molecule has 0 radical (unpaired) electrons. The Balaban J connectivity index is 1.89. The van der Waals surface area contributed by atoms with Gasteiger partial charge in [-0.2, -0.15) is 0 Å². The third-order valence-corrected chi connectivity index (χ3v) is 6.03. The molecule has 0 aliphatic rings. The predicted molar refractivity (Wildman–Crippen MR) is 116 cm³/mol. The number of halogens is 3. The van der Waals surface area contributed by atoms with Crippen LogP contribution >= 0.6 is 35.0 Å². The van der Waals surface area contributed by atoms with E-state index in [0.717, 1.165) is 0 Å². The monoisotopic (exact) mass is 450 g/mol. The molecule has 0 saturated carbocycles. The molecule has 0 spiro atoms. The molecule has 0 aliphatic heterocycles. The summed E-state index contributed by atoms with van der Waals surface area (Å²) in [5.74, 6) is 0.594. The molecule has 0 aliphatic carbocycles. The van der Waals surface area contributed by atoms with Gasteiger partial charge in [0.2, 0.25) is 5.78 Å². The number of rotatable bonds is 5. The van der Waals surface area contributed by atoms with E-state index in [1.54, 1.807) is 34.9 Å². The minimum absolute atomic E-state index is 0.162. The first-order valence-electron chi connectivity index (χ1n) is 8.99. The molecule has 0 amide bonds. The van der Waals surface area contributed by atoms with Crippen LogP contribution in [0.3, 0.4) is 0 Å². The molecule has 2 heterocycles. The summed E-state index contributed by atoms with van der Waals surface area (Å²) in [5, 5.41) is 10.4. The standard InChI is InChI=1S/C20H17Cl2FN4OS/c1-11(2)9-26-18(28)13-8-12(21)6-7-17(13)27-19(26)24-25-20(27)29-10-14-15(22)4-3-5-16(14)23/h3-8,11H,9-10H2,1-2H3. The molecule has 0 fully saturated rings. The van der Waals surface area contributed by atoms with Crippen LogP contribution in [-0.2, 0) is 12.3 Å². The average Bonchev–Trinajstić information content (AvgIpc) is 3.08. The number of benzene rings is 2. The van der Waals surface area contributed by atoms with Gasteiger partial charge in [0.1, 0.15) is 5.82 Å².